The van der Waals surface area contributed by atoms with Crippen LogP contribution < -0.4 is 11.5 Å². The molecule has 0 fully saturated rings. The van der Waals surface area contributed by atoms with Gasteiger partial charge in [0.2, 0.25) is 5.95 Å². The number of nitrogens with zero attached hydrogens (tertiary/aromatic N) is 3. The minimum atomic E-state index is -0.694. The molecule has 0 radical (unpaired) electrons. The number of rotatable bonds is 2. The van der Waals surface area contributed by atoms with Crippen molar-refractivity contribution in [2.75, 3.05) is 5.73 Å². The quantitative estimate of drug-likeness (QED) is 0.759. The molecule has 1 amide bonds. The van der Waals surface area contributed by atoms with E-state index < -0.39 is 11.8 Å². The SMILES string of the molecule is Cc1ccc(F)cc1-c1ccc(-c2ccnc(N)n2)n1C(N)=O. The van der Waals surface area contributed by atoms with Gasteiger partial charge >= 0.3 is 6.03 Å². The van der Waals surface area contributed by atoms with Gasteiger partial charge < -0.3 is 11.5 Å². The Kier molecular flexibility index (Phi) is 3.53. The highest BCUT2D eigenvalue weighted by atomic mass is 19.1. The number of halogens is 1. The Morgan fingerprint density at radius 1 is 1.17 bits per heavy atom. The number of anilines is 1. The highest BCUT2D eigenvalue weighted by Gasteiger charge is 2.18. The van der Waals surface area contributed by atoms with Crippen LogP contribution in [0.5, 0.6) is 0 Å². The summed E-state index contributed by atoms with van der Waals surface area (Å²) in [7, 11) is 0. The summed E-state index contributed by atoms with van der Waals surface area (Å²) < 4.78 is 14.9. The smallest absolute Gasteiger partial charge is 0.323 e. The van der Waals surface area contributed by atoms with Gasteiger partial charge in [0, 0.05) is 11.8 Å². The van der Waals surface area contributed by atoms with Gasteiger partial charge in [-0.1, -0.05) is 6.07 Å². The minimum absolute atomic E-state index is 0.0863. The molecule has 4 N–H and O–H groups in total. The van der Waals surface area contributed by atoms with E-state index in [0.717, 1.165) is 5.56 Å². The fraction of sp³-hybridized carbons (Fsp3) is 0.0625. The second kappa shape index (κ2) is 5.53. The highest BCUT2D eigenvalue weighted by Crippen LogP contribution is 2.30. The number of benzene rings is 1. The summed E-state index contributed by atoms with van der Waals surface area (Å²) in [6.07, 6.45) is 1.49. The fourth-order valence-corrected chi connectivity index (χ4v) is 2.47. The number of primary amides is 1. The van der Waals surface area contributed by atoms with Crippen molar-refractivity contribution in [3.8, 4) is 22.6 Å². The van der Waals surface area contributed by atoms with E-state index in [0.29, 0.717) is 22.6 Å². The van der Waals surface area contributed by atoms with Crippen molar-refractivity contribution < 1.29 is 9.18 Å². The molecular weight excluding hydrogens is 297 g/mol. The first-order chi connectivity index (χ1) is 11.0. The van der Waals surface area contributed by atoms with Gasteiger partial charge in [0.25, 0.3) is 0 Å². The summed E-state index contributed by atoms with van der Waals surface area (Å²) in [5.74, 6) is -0.307. The molecule has 2 heterocycles. The fourth-order valence-electron chi connectivity index (χ4n) is 2.47. The van der Waals surface area contributed by atoms with Crippen molar-refractivity contribution in [3.63, 3.8) is 0 Å². The maximum Gasteiger partial charge on any atom is 0.323 e. The van der Waals surface area contributed by atoms with Crippen LogP contribution in [-0.4, -0.2) is 20.6 Å². The second-order valence-electron chi connectivity index (χ2n) is 5.04. The number of carbonyl (C=O) groups is 1. The molecule has 3 aromatic rings. The third-order valence-corrected chi connectivity index (χ3v) is 3.51. The predicted molar refractivity (Wildman–Crippen MR) is 85.0 cm³/mol. The van der Waals surface area contributed by atoms with Crippen molar-refractivity contribution in [2.45, 2.75) is 6.92 Å². The van der Waals surface area contributed by atoms with Crippen LogP contribution in [0.25, 0.3) is 22.6 Å². The lowest BCUT2D eigenvalue weighted by atomic mass is 10.1. The van der Waals surface area contributed by atoms with E-state index >= 15 is 0 Å². The predicted octanol–water partition coefficient (Wildman–Crippen LogP) is 2.57. The van der Waals surface area contributed by atoms with Crippen LogP contribution in [0.15, 0.2) is 42.6 Å². The molecule has 6 nitrogen and oxygen atoms in total. The molecule has 0 saturated heterocycles. The van der Waals surface area contributed by atoms with Crippen LogP contribution in [0.3, 0.4) is 0 Å². The first-order valence-corrected chi connectivity index (χ1v) is 6.84. The van der Waals surface area contributed by atoms with Crippen LogP contribution in [0.1, 0.15) is 5.56 Å². The van der Waals surface area contributed by atoms with Gasteiger partial charge in [-0.2, -0.15) is 0 Å². The maximum atomic E-state index is 13.6. The number of hydrogen-bond donors (Lipinski definition) is 2. The monoisotopic (exact) mass is 311 g/mol. The van der Waals surface area contributed by atoms with Gasteiger partial charge in [-0.05, 0) is 42.8 Å². The Labute approximate surface area is 131 Å². The van der Waals surface area contributed by atoms with Crippen LogP contribution in [0.4, 0.5) is 15.1 Å². The van der Waals surface area contributed by atoms with Crippen LogP contribution in [0, 0.1) is 12.7 Å². The van der Waals surface area contributed by atoms with Crippen LogP contribution in [-0.2, 0) is 0 Å². The standard InChI is InChI=1S/C16H14FN5O/c1-9-2-3-10(17)8-11(9)13-4-5-14(22(13)16(19)23)12-6-7-20-15(18)21-12/h2-8H,1H3,(H2,19,23)(H2,18,20,21). The summed E-state index contributed by atoms with van der Waals surface area (Å²) >= 11 is 0. The molecule has 7 heteroatoms. The van der Waals surface area contributed by atoms with E-state index in [4.69, 9.17) is 11.5 Å². The first kappa shape index (κ1) is 14.7. The normalized spacial score (nSPS) is 10.7. The zero-order valence-electron chi connectivity index (χ0n) is 12.3. The lowest BCUT2D eigenvalue weighted by Crippen LogP contribution is -2.21. The van der Waals surface area contributed by atoms with E-state index in [2.05, 4.69) is 9.97 Å². The Hall–Kier alpha value is -3.22. The van der Waals surface area contributed by atoms with E-state index in [1.807, 2.05) is 6.92 Å². The molecule has 0 saturated carbocycles. The van der Waals surface area contributed by atoms with Gasteiger partial charge in [-0.3, -0.25) is 4.57 Å². The van der Waals surface area contributed by atoms with Gasteiger partial charge in [-0.25, -0.2) is 19.2 Å². The molecule has 0 aliphatic heterocycles. The molecule has 0 atom stereocenters. The lowest BCUT2D eigenvalue weighted by Gasteiger charge is -2.11. The average Bonchev–Trinajstić information content (AvgIpc) is 2.94. The van der Waals surface area contributed by atoms with E-state index in [1.54, 1.807) is 24.3 Å². The van der Waals surface area contributed by atoms with Gasteiger partial charge in [0.1, 0.15) is 5.82 Å². The Morgan fingerprint density at radius 2 is 1.91 bits per heavy atom. The van der Waals surface area contributed by atoms with Crippen molar-refractivity contribution >= 4 is 12.0 Å². The average molecular weight is 311 g/mol. The number of carbonyl (C=O) groups excluding carboxylic acids is 1. The number of aryl methyl sites for hydroxylation is 1. The molecule has 2 aromatic heterocycles. The molecule has 0 bridgehead atoms. The molecule has 116 valence electrons. The number of nitrogens with two attached hydrogens (primary N) is 2. The molecule has 0 spiro atoms. The van der Waals surface area contributed by atoms with Gasteiger partial charge in [0.05, 0.1) is 17.1 Å². The molecule has 0 aliphatic carbocycles. The molecule has 23 heavy (non-hydrogen) atoms. The minimum Gasteiger partial charge on any atom is -0.368 e. The summed E-state index contributed by atoms with van der Waals surface area (Å²) in [6, 6.07) is 8.68. The Bertz CT molecular complexity index is 903. The third kappa shape index (κ3) is 2.64. The lowest BCUT2D eigenvalue weighted by molar-refractivity contribution is 0.251. The number of nitrogen functional groups attached to an aromatic ring is 1. The molecule has 3 rings (SSSR count). The largest absolute Gasteiger partial charge is 0.368 e. The molecule has 0 unspecified atom stereocenters. The van der Waals surface area contributed by atoms with E-state index in [9.17, 15) is 9.18 Å². The zero-order chi connectivity index (χ0) is 16.6. The van der Waals surface area contributed by atoms with Crippen molar-refractivity contribution in [3.05, 3.63) is 54.0 Å². The summed E-state index contributed by atoms with van der Waals surface area (Å²) in [5.41, 5.74) is 13.9. The highest BCUT2D eigenvalue weighted by molar-refractivity contribution is 5.87. The number of amides is 1. The van der Waals surface area contributed by atoms with Crippen LogP contribution in [0.2, 0.25) is 0 Å². The Balaban J connectivity index is 2.24. The van der Waals surface area contributed by atoms with E-state index in [-0.39, 0.29) is 5.95 Å². The third-order valence-electron chi connectivity index (χ3n) is 3.51. The number of hydrogen-bond acceptors (Lipinski definition) is 4. The van der Waals surface area contributed by atoms with Crippen molar-refractivity contribution in [2.24, 2.45) is 5.73 Å². The van der Waals surface area contributed by atoms with Gasteiger partial charge in [0.15, 0.2) is 0 Å². The summed E-state index contributed by atoms with van der Waals surface area (Å²) in [4.78, 5) is 19.9. The van der Waals surface area contributed by atoms with Crippen LogP contribution >= 0.6 is 0 Å². The van der Waals surface area contributed by atoms with Crippen molar-refractivity contribution in [1.82, 2.24) is 14.5 Å². The molecule has 1 aromatic carbocycles. The summed E-state index contributed by atoms with van der Waals surface area (Å²) in [6.45, 7) is 1.83. The first-order valence-electron chi connectivity index (χ1n) is 6.84. The summed E-state index contributed by atoms with van der Waals surface area (Å²) in [5, 5.41) is 0. The number of aromatic nitrogens is 3. The molecular formula is C16H14FN5O. The second-order valence-corrected chi connectivity index (χ2v) is 5.04. The van der Waals surface area contributed by atoms with E-state index in [1.165, 1.54) is 22.9 Å². The van der Waals surface area contributed by atoms with Gasteiger partial charge in [-0.15, -0.1) is 0 Å². The zero-order valence-corrected chi connectivity index (χ0v) is 12.3. The maximum absolute atomic E-state index is 13.6. The Morgan fingerprint density at radius 3 is 2.61 bits per heavy atom. The molecule has 0 aliphatic rings. The topological polar surface area (TPSA) is 99.8 Å². The van der Waals surface area contributed by atoms with Crippen molar-refractivity contribution in [1.29, 1.82) is 0 Å².